The molecular formula is C18H21N5O. The Hall–Kier alpha value is -2.89. The molecule has 0 aliphatic rings. The SMILES string of the molecule is CC(C)c1cccc(OCc2nnc(-c3ccc(N)cn3)n2C)c1. The van der Waals surface area contributed by atoms with Crippen molar-refractivity contribution in [2.24, 2.45) is 7.05 Å². The minimum Gasteiger partial charge on any atom is -0.486 e. The first-order chi connectivity index (χ1) is 11.5. The molecule has 0 unspecified atom stereocenters. The van der Waals surface area contributed by atoms with Crippen LogP contribution < -0.4 is 10.5 Å². The normalized spacial score (nSPS) is 11.0. The molecule has 0 atom stereocenters. The fourth-order valence-electron chi connectivity index (χ4n) is 2.36. The Kier molecular flexibility index (Phi) is 4.46. The van der Waals surface area contributed by atoms with Crippen LogP contribution in [0.4, 0.5) is 5.69 Å². The quantitative estimate of drug-likeness (QED) is 0.780. The molecule has 2 aromatic heterocycles. The number of pyridine rings is 1. The molecule has 2 N–H and O–H groups in total. The van der Waals surface area contributed by atoms with Gasteiger partial charge in [-0.15, -0.1) is 10.2 Å². The molecule has 0 radical (unpaired) electrons. The molecular weight excluding hydrogens is 302 g/mol. The lowest BCUT2D eigenvalue weighted by Crippen LogP contribution is -2.05. The first-order valence-electron chi connectivity index (χ1n) is 7.87. The topological polar surface area (TPSA) is 78.8 Å². The fraction of sp³-hybridized carbons (Fsp3) is 0.278. The van der Waals surface area contributed by atoms with E-state index in [0.29, 0.717) is 24.0 Å². The van der Waals surface area contributed by atoms with Crippen molar-refractivity contribution in [2.45, 2.75) is 26.4 Å². The van der Waals surface area contributed by atoms with Crippen LogP contribution in [0.15, 0.2) is 42.6 Å². The fourth-order valence-corrected chi connectivity index (χ4v) is 2.36. The van der Waals surface area contributed by atoms with Crippen LogP contribution in [0.5, 0.6) is 5.75 Å². The molecule has 6 heteroatoms. The molecule has 0 spiro atoms. The van der Waals surface area contributed by atoms with Gasteiger partial charge in [-0.1, -0.05) is 26.0 Å². The molecule has 0 fully saturated rings. The summed E-state index contributed by atoms with van der Waals surface area (Å²) in [4.78, 5) is 4.28. The second-order valence-electron chi connectivity index (χ2n) is 5.99. The van der Waals surface area contributed by atoms with Crippen molar-refractivity contribution in [3.63, 3.8) is 0 Å². The number of hydrogen-bond acceptors (Lipinski definition) is 5. The lowest BCUT2D eigenvalue weighted by Gasteiger charge is -2.10. The predicted molar refractivity (Wildman–Crippen MR) is 93.5 cm³/mol. The molecule has 3 rings (SSSR count). The van der Waals surface area contributed by atoms with Gasteiger partial charge in [0.15, 0.2) is 11.6 Å². The third kappa shape index (κ3) is 3.37. The summed E-state index contributed by atoms with van der Waals surface area (Å²) >= 11 is 0. The molecule has 6 nitrogen and oxygen atoms in total. The van der Waals surface area contributed by atoms with Gasteiger partial charge in [-0.3, -0.25) is 4.98 Å². The maximum atomic E-state index is 5.87. The van der Waals surface area contributed by atoms with Crippen LogP contribution in [0, 0.1) is 0 Å². The summed E-state index contributed by atoms with van der Waals surface area (Å²) in [5.74, 6) is 2.71. The minimum atomic E-state index is 0.347. The Morgan fingerprint density at radius 3 is 2.71 bits per heavy atom. The van der Waals surface area contributed by atoms with E-state index in [4.69, 9.17) is 10.5 Å². The highest BCUT2D eigenvalue weighted by Crippen LogP contribution is 2.21. The van der Waals surface area contributed by atoms with E-state index in [0.717, 1.165) is 17.3 Å². The monoisotopic (exact) mass is 323 g/mol. The van der Waals surface area contributed by atoms with E-state index in [1.54, 1.807) is 12.3 Å². The predicted octanol–water partition coefficient (Wildman–Crippen LogP) is 3.16. The third-order valence-corrected chi connectivity index (χ3v) is 3.87. The molecule has 0 amide bonds. The molecule has 24 heavy (non-hydrogen) atoms. The highest BCUT2D eigenvalue weighted by atomic mass is 16.5. The molecule has 3 aromatic rings. The Morgan fingerprint density at radius 2 is 2.00 bits per heavy atom. The molecule has 0 bridgehead atoms. The zero-order valence-electron chi connectivity index (χ0n) is 14.1. The zero-order chi connectivity index (χ0) is 17.1. The van der Waals surface area contributed by atoms with Crippen molar-refractivity contribution in [3.8, 4) is 17.3 Å². The van der Waals surface area contributed by atoms with Crippen molar-refractivity contribution < 1.29 is 4.74 Å². The number of nitrogens with zero attached hydrogens (tertiary/aromatic N) is 4. The van der Waals surface area contributed by atoms with Gasteiger partial charge in [0.1, 0.15) is 18.1 Å². The first kappa shape index (κ1) is 16.0. The first-order valence-corrected chi connectivity index (χ1v) is 7.87. The van der Waals surface area contributed by atoms with Gasteiger partial charge in [-0.2, -0.15) is 0 Å². The standard InChI is InChI=1S/C18H21N5O/c1-12(2)13-5-4-6-15(9-13)24-11-17-21-22-18(23(17)3)16-8-7-14(19)10-20-16/h4-10,12H,11,19H2,1-3H3. The van der Waals surface area contributed by atoms with Crippen LogP contribution in [0.25, 0.3) is 11.5 Å². The summed E-state index contributed by atoms with van der Waals surface area (Å²) in [5, 5.41) is 8.41. The Labute approximate surface area is 141 Å². The summed E-state index contributed by atoms with van der Waals surface area (Å²) in [6.45, 7) is 4.67. The number of hydrogen-bond donors (Lipinski definition) is 1. The van der Waals surface area contributed by atoms with Crippen LogP contribution in [0.1, 0.15) is 31.2 Å². The number of nitrogen functional groups attached to an aromatic ring is 1. The summed E-state index contributed by atoms with van der Waals surface area (Å²) in [7, 11) is 1.90. The van der Waals surface area contributed by atoms with Gasteiger partial charge >= 0.3 is 0 Å². The largest absolute Gasteiger partial charge is 0.486 e. The van der Waals surface area contributed by atoms with E-state index in [1.807, 2.05) is 29.8 Å². The van der Waals surface area contributed by atoms with Crippen LogP contribution in [-0.4, -0.2) is 19.7 Å². The Morgan fingerprint density at radius 1 is 1.17 bits per heavy atom. The minimum absolute atomic E-state index is 0.347. The average molecular weight is 323 g/mol. The average Bonchev–Trinajstić information content (AvgIpc) is 2.95. The van der Waals surface area contributed by atoms with E-state index in [9.17, 15) is 0 Å². The number of anilines is 1. The summed E-state index contributed by atoms with van der Waals surface area (Å²) in [5.41, 5.74) is 8.26. The Bertz CT molecular complexity index is 824. The number of rotatable bonds is 5. The molecule has 0 saturated carbocycles. The maximum Gasteiger partial charge on any atom is 0.182 e. The van der Waals surface area contributed by atoms with Gasteiger partial charge in [0.2, 0.25) is 0 Å². The highest BCUT2D eigenvalue weighted by Gasteiger charge is 2.12. The molecule has 0 saturated heterocycles. The van der Waals surface area contributed by atoms with E-state index < -0.39 is 0 Å². The van der Waals surface area contributed by atoms with Crippen LogP contribution >= 0.6 is 0 Å². The van der Waals surface area contributed by atoms with E-state index in [-0.39, 0.29) is 0 Å². The second kappa shape index (κ2) is 6.70. The third-order valence-electron chi connectivity index (χ3n) is 3.87. The van der Waals surface area contributed by atoms with Gasteiger partial charge in [0.05, 0.1) is 11.9 Å². The summed E-state index contributed by atoms with van der Waals surface area (Å²) in [6, 6.07) is 11.7. The van der Waals surface area contributed by atoms with Crippen LogP contribution in [-0.2, 0) is 13.7 Å². The van der Waals surface area contributed by atoms with E-state index in [2.05, 4.69) is 41.2 Å². The van der Waals surface area contributed by atoms with Crippen molar-refractivity contribution in [2.75, 3.05) is 5.73 Å². The maximum absolute atomic E-state index is 5.87. The summed E-state index contributed by atoms with van der Waals surface area (Å²) < 4.78 is 7.75. The lowest BCUT2D eigenvalue weighted by atomic mass is 10.0. The Balaban J connectivity index is 1.75. The molecule has 2 heterocycles. The lowest BCUT2D eigenvalue weighted by molar-refractivity contribution is 0.291. The van der Waals surface area contributed by atoms with Gasteiger partial charge in [0.25, 0.3) is 0 Å². The van der Waals surface area contributed by atoms with Crippen molar-refractivity contribution >= 4 is 5.69 Å². The smallest absolute Gasteiger partial charge is 0.182 e. The van der Waals surface area contributed by atoms with Crippen LogP contribution in [0.3, 0.4) is 0 Å². The number of benzene rings is 1. The zero-order valence-corrected chi connectivity index (χ0v) is 14.1. The van der Waals surface area contributed by atoms with E-state index in [1.165, 1.54) is 5.56 Å². The summed E-state index contributed by atoms with van der Waals surface area (Å²) in [6.07, 6.45) is 1.61. The molecule has 124 valence electrons. The van der Waals surface area contributed by atoms with Gasteiger partial charge in [0, 0.05) is 7.05 Å². The molecule has 0 aliphatic heterocycles. The highest BCUT2D eigenvalue weighted by molar-refractivity contribution is 5.52. The van der Waals surface area contributed by atoms with Gasteiger partial charge in [-0.25, -0.2) is 0 Å². The second-order valence-corrected chi connectivity index (χ2v) is 5.99. The number of aromatic nitrogens is 4. The molecule has 0 aliphatic carbocycles. The van der Waals surface area contributed by atoms with Crippen molar-refractivity contribution in [1.82, 2.24) is 19.7 Å². The van der Waals surface area contributed by atoms with E-state index >= 15 is 0 Å². The number of ether oxygens (including phenoxy) is 1. The number of nitrogens with two attached hydrogens (primary N) is 1. The van der Waals surface area contributed by atoms with Gasteiger partial charge < -0.3 is 15.0 Å². The van der Waals surface area contributed by atoms with Crippen molar-refractivity contribution in [3.05, 3.63) is 54.0 Å². The molecule has 1 aromatic carbocycles. The van der Waals surface area contributed by atoms with Crippen molar-refractivity contribution in [1.29, 1.82) is 0 Å². The van der Waals surface area contributed by atoms with Crippen LogP contribution in [0.2, 0.25) is 0 Å². The van der Waals surface area contributed by atoms with Gasteiger partial charge in [-0.05, 0) is 35.7 Å².